The summed E-state index contributed by atoms with van der Waals surface area (Å²) in [4.78, 5) is 26.0. The number of halogens is 3. The Bertz CT molecular complexity index is 1030. The van der Waals surface area contributed by atoms with Crippen molar-refractivity contribution in [3.63, 3.8) is 0 Å². The molecule has 11 heteroatoms. The summed E-state index contributed by atoms with van der Waals surface area (Å²) < 4.78 is 44.1. The molecular weight excluding hydrogens is 429 g/mol. The van der Waals surface area contributed by atoms with Crippen LogP contribution in [0.1, 0.15) is 11.1 Å². The topological polar surface area (TPSA) is 99.7 Å². The van der Waals surface area contributed by atoms with Crippen molar-refractivity contribution in [3.05, 3.63) is 63.7 Å². The van der Waals surface area contributed by atoms with Crippen LogP contribution in [0, 0.1) is 21.4 Å². The van der Waals surface area contributed by atoms with Crippen LogP contribution in [0.25, 0.3) is 0 Å². The first-order valence-electron chi connectivity index (χ1n) is 9.66. The maximum Gasteiger partial charge on any atom is 0.416 e. The second kappa shape index (κ2) is 9.55. The fourth-order valence-electron chi connectivity index (χ4n) is 3.34. The molecule has 8 nitrogen and oxygen atoms in total. The molecule has 1 amide bonds. The van der Waals surface area contributed by atoms with E-state index in [9.17, 15) is 28.1 Å². The third-order valence-electron chi connectivity index (χ3n) is 5.04. The predicted molar refractivity (Wildman–Crippen MR) is 108 cm³/mol. The molecule has 2 aromatic rings. The molecule has 2 aromatic carbocycles. The first-order valence-corrected chi connectivity index (χ1v) is 9.66. The minimum atomic E-state index is -4.68. The summed E-state index contributed by atoms with van der Waals surface area (Å²) >= 11 is 0. The van der Waals surface area contributed by atoms with Gasteiger partial charge in [0.2, 0.25) is 0 Å². The van der Waals surface area contributed by atoms with Crippen LogP contribution in [0.3, 0.4) is 0 Å². The molecule has 0 bridgehead atoms. The van der Waals surface area contributed by atoms with Crippen LogP contribution in [0.2, 0.25) is 0 Å². The van der Waals surface area contributed by atoms with E-state index in [2.05, 4.69) is 0 Å². The number of amides is 1. The van der Waals surface area contributed by atoms with Gasteiger partial charge in [-0.25, -0.2) is 0 Å². The van der Waals surface area contributed by atoms with Crippen molar-refractivity contribution < 1.29 is 27.6 Å². The fraction of sp³-hybridized carbons (Fsp3) is 0.333. The average Bonchev–Trinajstić information content (AvgIpc) is 2.77. The van der Waals surface area contributed by atoms with Crippen molar-refractivity contribution in [2.45, 2.75) is 12.6 Å². The van der Waals surface area contributed by atoms with E-state index in [0.29, 0.717) is 11.8 Å². The molecule has 0 radical (unpaired) electrons. The minimum absolute atomic E-state index is 0.0869. The Morgan fingerprint density at radius 1 is 1.12 bits per heavy atom. The van der Waals surface area contributed by atoms with Crippen molar-refractivity contribution >= 4 is 17.3 Å². The molecule has 0 N–H and O–H groups in total. The number of nitro groups is 1. The summed E-state index contributed by atoms with van der Waals surface area (Å²) in [6, 6.07) is 11.3. The van der Waals surface area contributed by atoms with E-state index in [0.717, 1.165) is 17.7 Å². The number of carbonyl (C=O) groups excluding carboxylic acids is 1. The van der Waals surface area contributed by atoms with Gasteiger partial charge in [-0.15, -0.1) is 0 Å². The number of nitriles is 1. The second-order valence-electron chi connectivity index (χ2n) is 7.09. The number of alkyl halides is 3. The minimum Gasteiger partial charge on any atom is -0.484 e. The molecule has 3 rings (SSSR count). The predicted octanol–water partition coefficient (Wildman–Crippen LogP) is 3.41. The number of rotatable bonds is 6. The molecular formula is C21H19F3N4O4. The van der Waals surface area contributed by atoms with E-state index >= 15 is 0 Å². The van der Waals surface area contributed by atoms with Crippen molar-refractivity contribution in [2.24, 2.45) is 0 Å². The molecule has 0 atom stereocenters. The molecule has 1 aliphatic rings. The molecule has 1 aliphatic heterocycles. The molecule has 1 saturated heterocycles. The summed E-state index contributed by atoms with van der Waals surface area (Å²) in [6.07, 6.45) is -4.40. The molecule has 0 unspecified atom stereocenters. The smallest absolute Gasteiger partial charge is 0.416 e. The van der Waals surface area contributed by atoms with E-state index < -0.39 is 22.4 Å². The van der Waals surface area contributed by atoms with Crippen LogP contribution in [0.15, 0.2) is 42.5 Å². The lowest BCUT2D eigenvalue weighted by Gasteiger charge is -2.35. The first kappa shape index (κ1) is 22.9. The van der Waals surface area contributed by atoms with Crippen molar-refractivity contribution in [1.29, 1.82) is 5.26 Å². The van der Waals surface area contributed by atoms with Gasteiger partial charge in [0, 0.05) is 32.2 Å². The highest BCUT2D eigenvalue weighted by Gasteiger charge is 2.34. The van der Waals surface area contributed by atoms with E-state index in [1.165, 1.54) is 4.90 Å². The monoisotopic (exact) mass is 448 g/mol. The molecule has 0 saturated carbocycles. The van der Waals surface area contributed by atoms with Crippen molar-refractivity contribution in [1.82, 2.24) is 4.90 Å². The van der Waals surface area contributed by atoms with Gasteiger partial charge in [0.1, 0.15) is 11.4 Å². The maximum atomic E-state index is 12.9. The van der Waals surface area contributed by atoms with Gasteiger partial charge in [-0.3, -0.25) is 14.9 Å². The summed E-state index contributed by atoms with van der Waals surface area (Å²) in [5, 5.41) is 20.0. The zero-order valence-electron chi connectivity index (χ0n) is 16.8. The largest absolute Gasteiger partial charge is 0.484 e. The molecule has 168 valence electrons. The normalized spacial score (nSPS) is 14.1. The lowest BCUT2D eigenvalue weighted by Crippen LogP contribution is -2.50. The van der Waals surface area contributed by atoms with Gasteiger partial charge in [-0.05, 0) is 29.8 Å². The number of benzene rings is 2. The molecule has 0 aliphatic carbocycles. The number of anilines is 1. The van der Waals surface area contributed by atoms with E-state index in [4.69, 9.17) is 10.00 Å². The number of nitro benzene ring substituents is 1. The quantitative estimate of drug-likeness (QED) is 0.496. The van der Waals surface area contributed by atoms with E-state index in [-0.39, 0.29) is 50.8 Å². The standard InChI is InChI=1S/C21H19F3N4O4/c22-21(23,24)16-3-6-18(19(13-16)28(30)31)26-9-11-27(12-10-26)20(29)14-32-17-4-1-15(2-5-17)7-8-25/h1-6,13H,7,9-12,14H2. The Balaban J connectivity index is 1.58. The van der Waals surface area contributed by atoms with Gasteiger partial charge >= 0.3 is 6.18 Å². The molecule has 1 fully saturated rings. The molecule has 0 aromatic heterocycles. The SMILES string of the molecule is N#CCc1ccc(OCC(=O)N2CCN(c3ccc(C(F)(F)F)cc3[N+](=O)[O-])CC2)cc1. The molecule has 32 heavy (non-hydrogen) atoms. The average molecular weight is 448 g/mol. The fourth-order valence-corrected chi connectivity index (χ4v) is 3.34. The van der Waals surface area contributed by atoms with Crippen LogP contribution in [0.4, 0.5) is 24.5 Å². The highest BCUT2D eigenvalue weighted by molar-refractivity contribution is 5.78. The Kier molecular flexibility index (Phi) is 6.82. The number of hydrogen-bond acceptors (Lipinski definition) is 6. The highest BCUT2D eigenvalue weighted by Crippen LogP contribution is 2.36. The van der Waals surface area contributed by atoms with Crippen LogP contribution < -0.4 is 9.64 Å². The van der Waals surface area contributed by atoms with Gasteiger partial charge < -0.3 is 14.5 Å². The Labute approximate surface area is 181 Å². The van der Waals surface area contributed by atoms with Gasteiger partial charge in [-0.1, -0.05) is 12.1 Å². The first-order chi connectivity index (χ1) is 15.2. The Morgan fingerprint density at radius 3 is 2.34 bits per heavy atom. The summed E-state index contributed by atoms with van der Waals surface area (Å²) in [5.41, 5.74) is -0.786. The van der Waals surface area contributed by atoms with E-state index in [1.54, 1.807) is 29.2 Å². The third kappa shape index (κ3) is 5.46. The molecule has 0 spiro atoms. The van der Waals surface area contributed by atoms with Gasteiger partial charge in [0.25, 0.3) is 11.6 Å². The maximum absolute atomic E-state index is 12.9. The second-order valence-corrected chi connectivity index (χ2v) is 7.09. The number of hydrogen-bond donors (Lipinski definition) is 0. The Morgan fingerprint density at radius 2 is 1.78 bits per heavy atom. The van der Waals surface area contributed by atoms with Gasteiger partial charge in [0.15, 0.2) is 6.61 Å². The van der Waals surface area contributed by atoms with Crippen molar-refractivity contribution in [3.8, 4) is 11.8 Å². The lowest BCUT2D eigenvalue weighted by molar-refractivity contribution is -0.384. The lowest BCUT2D eigenvalue weighted by atomic mass is 10.1. The summed E-state index contributed by atoms with van der Waals surface area (Å²) in [6.45, 7) is 0.780. The third-order valence-corrected chi connectivity index (χ3v) is 5.04. The highest BCUT2D eigenvalue weighted by atomic mass is 19.4. The van der Waals surface area contributed by atoms with Crippen molar-refractivity contribution in [2.75, 3.05) is 37.7 Å². The zero-order valence-corrected chi connectivity index (χ0v) is 16.8. The van der Waals surface area contributed by atoms with Gasteiger partial charge in [0.05, 0.1) is 23.0 Å². The van der Waals surface area contributed by atoms with Gasteiger partial charge in [-0.2, -0.15) is 18.4 Å². The molecule has 1 heterocycles. The number of ether oxygens (including phenoxy) is 1. The van der Waals surface area contributed by atoms with Crippen LogP contribution in [0.5, 0.6) is 5.75 Å². The Hall–Kier alpha value is -3.81. The summed E-state index contributed by atoms with van der Waals surface area (Å²) in [7, 11) is 0. The number of carbonyl (C=O) groups is 1. The number of piperazine rings is 1. The summed E-state index contributed by atoms with van der Waals surface area (Å²) in [5.74, 6) is 0.215. The van der Waals surface area contributed by atoms with E-state index in [1.807, 2.05) is 6.07 Å². The zero-order chi connectivity index (χ0) is 23.3. The van der Waals surface area contributed by atoms with Crippen LogP contribution in [-0.4, -0.2) is 48.5 Å². The number of nitrogens with zero attached hydrogens (tertiary/aromatic N) is 4. The van der Waals surface area contributed by atoms with Crippen LogP contribution >= 0.6 is 0 Å². The van der Waals surface area contributed by atoms with Crippen LogP contribution in [-0.2, 0) is 17.4 Å².